The third-order valence-electron chi connectivity index (χ3n) is 3.92. The van der Waals surface area contributed by atoms with Crippen molar-refractivity contribution in [2.24, 2.45) is 0 Å². The minimum Gasteiger partial charge on any atom is -0.768 e. The molecule has 0 fully saturated rings. The molecule has 0 saturated heterocycles. The number of rotatable bonds is 3. The number of thiazole rings is 1. The molecule has 13 heteroatoms. The first-order chi connectivity index (χ1) is 13.3. The number of alkyl halides is 3. The second-order valence-electron chi connectivity index (χ2n) is 5.54. The van der Waals surface area contributed by atoms with Gasteiger partial charge in [-0.1, -0.05) is 29.5 Å². The number of H-pyrrole nitrogens is 1. The van der Waals surface area contributed by atoms with E-state index in [1.54, 1.807) is 18.2 Å². The fraction of sp³-hybridized carbons (Fsp3) is 0.0667. The van der Waals surface area contributed by atoms with Crippen molar-refractivity contribution in [2.75, 3.05) is 5.73 Å². The van der Waals surface area contributed by atoms with Gasteiger partial charge in [-0.3, -0.25) is 4.21 Å². The Morgan fingerprint density at radius 3 is 2.61 bits per heavy atom. The van der Waals surface area contributed by atoms with Crippen molar-refractivity contribution in [3.05, 3.63) is 35.9 Å². The lowest BCUT2D eigenvalue weighted by atomic mass is 9.95. The second-order valence-corrected chi connectivity index (χ2v) is 7.48. The van der Waals surface area contributed by atoms with Crippen LogP contribution in [0, 0.1) is 0 Å². The van der Waals surface area contributed by atoms with Gasteiger partial charge in [-0.25, -0.2) is 4.98 Å². The van der Waals surface area contributed by atoms with E-state index in [-0.39, 0.29) is 22.1 Å². The number of aromatic nitrogens is 5. The van der Waals surface area contributed by atoms with Crippen LogP contribution in [-0.4, -0.2) is 34.4 Å². The van der Waals surface area contributed by atoms with Crippen molar-refractivity contribution < 1.29 is 21.9 Å². The summed E-state index contributed by atoms with van der Waals surface area (Å²) in [6.45, 7) is 0. The van der Waals surface area contributed by atoms with E-state index in [1.807, 2.05) is 0 Å². The van der Waals surface area contributed by atoms with Gasteiger partial charge in [-0.05, 0) is 34.0 Å². The van der Waals surface area contributed by atoms with Crippen molar-refractivity contribution in [1.82, 2.24) is 25.6 Å². The maximum Gasteiger partial charge on any atom is 0.417 e. The molecule has 0 spiro atoms. The number of para-hydroxylation sites is 1. The van der Waals surface area contributed by atoms with Gasteiger partial charge in [0.1, 0.15) is 0 Å². The van der Waals surface area contributed by atoms with Crippen molar-refractivity contribution in [1.29, 1.82) is 0 Å². The van der Waals surface area contributed by atoms with Crippen LogP contribution in [0.2, 0.25) is 0 Å². The van der Waals surface area contributed by atoms with Crippen molar-refractivity contribution in [3.8, 4) is 22.5 Å². The van der Waals surface area contributed by atoms with E-state index in [2.05, 4.69) is 25.6 Å². The average Bonchev–Trinajstić information content (AvgIpc) is 3.27. The first-order valence-corrected chi connectivity index (χ1v) is 9.39. The Bertz CT molecular complexity index is 1210. The lowest BCUT2D eigenvalue weighted by Gasteiger charge is -2.20. The highest BCUT2D eigenvalue weighted by molar-refractivity contribution is 7.79. The van der Waals surface area contributed by atoms with Crippen molar-refractivity contribution in [3.63, 3.8) is 0 Å². The van der Waals surface area contributed by atoms with Crippen LogP contribution in [-0.2, 0) is 17.3 Å². The van der Waals surface area contributed by atoms with Gasteiger partial charge in [0.05, 0.1) is 15.8 Å². The van der Waals surface area contributed by atoms with Gasteiger partial charge in [-0.2, -0.15) is 18.4 Å². The second kappa shape index (κ2) is 6.61. The quantitative estimate of drug-likeness (QED) is 0.482. The number of anilines is 1. The predicted octanol–water partition coefficient (Wildman–Crippen LogP) is 2.98. The van der Waals surface area contributed by atoms with Gasteiger partial charge in [0.2, 0.25) is 5.82 Å². The van der Waals surface area contributed by atoms with Crippen molar-refractivity contribution >= 4 is 37.8 Å². The van der Waals surface area contributed by atoms with Crippen LogP contribution >= 0.6 is 11.3 Å². The van der Waals surface area contributed by atoms with Crippen LogP contribution < -0.4 is 5.73 Å². The largest absolute Gasteiger partial charge is 0.768 e. The number of hydrogen-bond donors (Lipinski definition) is 2. The third kappa shape index (κ3) is 3.02. The number of halogens is 3. The summed E-state index contributed by atoms with van der Waals surface area (Å²) in [6.07, 6.45) is -4.90. The maximum absolute atomic E-state index is 13.5. The van der Waals surface area contributed by atoms with E-state index >= 15 is 0 Å². The number of fused-ring (bicyclic) bond motifs is 1. The lowest BCUT2D eigenvalue weighted by Crippen LogP contribution is -2.12. The number of hydrogen-bond acceptors (Lipinski definition) is 8. The average molecular weight is 425 g/mol. The zero-order valence-corrected chi connectivity index (χ0v) is 15.2. The Labute approximate surface area is 160 Å². The summed E-state index contributed by atoms with van der Waals surface area (Å²) in [5.74, 6) is -0.291. The molecule has 28 heavy (non-hydrogen) atoms. The van der Waals surface area contributed by atoms with Gasteiger partial charge in [0, 0.05) is 16.0 Å². The summed E-state index contributed by atoms with van der Waals surface area (Å²) in [4.78, 5) is 3.25. The minimum atomic E-state index is -4.90. The zero-order chi connectivity index (χ0) is 20.1. The summed E-state index contributed by atoms with van der Waals surface area (Å²) in [5.41, 5.74) is 5.08. The first-order valence-electron chi connectivity index (χ1n) is 7.50. The summed E-state index contributed by atoms with van der Waals surface area (Å²) in [6, 6.07) is 6.89. The summed E-state index contributed by atoms with van der Waals surface area (Å²) >= 11 is -2.03. The molecule has 144 valence electrons. The lowest BCUT2D eigenvalue weighted by molar-refractivity contribution is -0.139. The molecular weight excluding hydrogens is 417 g/mol. The van der Waals surface area contributed by atoms with Gasteiger partial charge in [-0.15, -0.1) is 10.2 Å². The molecule has 4 rings (SSSR count). The minimum absolute atomic E-state index is 0.157. The monoisotopic (exact) mass is 425 g/mol. The fourth-order valence-electron chi connectivity index (χ4n) is 2.88. The number of nitrogens with two attached hydrogens (primary N) is 1. The predicted molar refractivity (Wildman–Crippen MR) is 94.8 cm³/mol. The molecular formula is C15H8F3N6O2S2-. The number of benzene rings is 2. The Morgan fingerprint density at radius 2 is 1.96 bits per heavy atom. The Kier molecular flexibility index (Phi) is 4.36. The molecule has 0 amide bonds. The molecule has 0 radical (unpaired) electrons. The molecule has 0 aliphatic carbocycles. The standard InChI is InChI=1S/C15H9F3N6O2S2/c16-15(17,18)8-5-4-6(7-2-1-3-9-11(7)20-14(19)27-9)10(12(8)28(25)26)13-21-23-24-22-13/h1-5H,(H2,19,20)(H,25,26)(H,21,22,23,24)/p-1. The summed E-state index contributed by atoms with van der Waals surface area (Å²) < 4.78 is 64.7. The van der Waals surface area contributed by atoms with Crippen LogP contribution in [0.5, 0.6) is 0 Å². The number of nitrogens with one attached hydrogen (secondary N) is 1. The molecule has 4 aromatic rings. The van der Waals surface area contributed by atoms with E-state index in [0.717, 1.165) is 6.07 Å². The van der Waals surface area contributed by atoms with E-state index in [4.69, 9.17) is 5.73 Å². The molecule has 3 N–H and O–H groups in total. The number of nitrogens with zero attached hydrogens (tertiary/aromatic N) is 4. The van der Waals surface area contributed by atoms with Gasteiger partial charge < -0.3 is 10.3 Å². The van der Waals surface area contributed by atoms with Crippen LogP contribution in [0.3, 0.4) is 0 Å². The smallest absolute Gasteiger partial charge is 0.417 e. The molecule has 1 atom stereocenters. The van der Waals surface area contributed by atoms with Crippen LogP contribution in [0.4, 0.5) is 18.3 Å². The zero-order valence-electron chi connectivity index (χ0n) is 13.5. The molecule has 1 unspecified atom stereocenters. The van der Waals surface area contributed by atoms with Crippen molar-refractivity contribution in [2.45, 2.75) is 11.1 Å². The Morgan fingerprint density at radius 1 is 1.18 bits per heavy atom. The fourth-order valence-corrected chi connectivity index (χ4v) is 4.37. The summed E-state index contributed by atoms with van der Waals surface area (Å²) in [5, 5.41) is 13.1. The highest BCUT2D eigenvalue weighted by Crippen LogP contribution is 2.44. The highest BCUT2D eigenvalue weighted by Gasteiger charge is 2.36. The molecule has 0 saturated carbocycles. The Balaban J connectivity index is 2.14. The van der Waals surface area contributed by atoms with E-state index in [1.165, 1.54) is 11.3 Å². The molecule has 2 heterocycles. The molecule has 8 nitrogen and oxygen atoms in total. The van der Waals surface area contributed by atoms with Gasteiger partial charge >= 0.3 is 6.18 Å². The van der Waals surface area contributed by atoms with E-state index < -0.39 is 27.7 Å². The molecule has 2 aromatic carbocycles. The first kappa shape index (κ1) is 18.5. The van der Waals surface area contributed by atoms with Crippen LogP contribution in [0.15, 0.2) is 35.2 Å². The van der Waals surface area contributed by atoms with E-state index in [0.29, 0.717) is 21.8 Å². The van der Waals surface area contributed by atoms with E-state index in [9.17, 15) is 21.9 Å². The summed E-state index contributed by atoms with van der Waals surface area (Å²) in [7, 11) is 0. The molecule has 0 bridgehead atoms. The SMILES string of the molecule is Nc1nc2c(-c3ccc(C(F)(F)F)c(S(=O)[O-])c3-c3nn[nH]n3)cccc2s1. The normalized spacial score (nSPS) is 13.1. The molecule has 0 aliphatic rings. The number of aromatic amines is 1. The van der Waals surface area contributed by atoms with Crippen LogP contribution in [0.1, 0.15) is 5.56 Å². The van der Waals surface area contributed by atoms with Gasteiger partial charge in [0.15, 0.2) is 5.13 Å². The third-order valence-corrected chi connectivity index (χ3v) is 5.53. The molecule has 0 aliphatic heterocycles. The highest BCUT2D eigenvalue weighted by atomic mass is 32.2. The Hall–Kier alpha value is -2.90. The van der Waals surface area contributed by atoms with Crippen LogP contribution in [0.25, 0.3) is 32.7 Å². The number of tetrazole rings is 1. The van der Waals surface area contributed by atoms with Gasteiger partial charge in [0.25, 0.3) is 0 Å². The maximum atomic E-state index is 13.5. The molecule has 2 aromatic heterocycles. The number of nitrogen functional groups attached to an aromatic ring is 1. The topological polar surface area (TPSA) is 134 Å².